The molecule has 0 aliphatic carbocycles. The van der Waals surface area contributed by atoms with Crippen LogP contribution in [0.15, 0.2) is 24.3 Å². The van der Waals surface area contributed by atoms with Crippen LogP contribution in [-0.2, 0) is 30.2 Å². The highest BCUT2D eigenvalue weighted by atomic mass is 127. The quantitative estimate of drug-likeness (QED) is 0.107. The standard InChI is InChI=1S/C21H31BIN4O6P/c22-8-2-9-24-19(29)13-25-21(31)17-11-14-4-6-16(7-5-14)32-10-1-3-15(12-18(28)26-17)20(30)27-33-34-23/h4-7,15,17,34H,1-3,8-13,22H2,(H,24,29)(H,25,31)(H,26,28)(H,27,30)/t15-,17-/m0/s1. The Balaban J connectivity index is 2.10. The van der Waals surface area contributed by atoms with E-state index < -0.39 is 23.8 Å². The second-order valence-corrected chi connectivity index (χ2v) is 9.61. The van der Waals surface area contributed by atoms with Gasteiger partial charge in [-0.1, -0.05) is 18.5 Å². The molecule has 186 valence electrons. The van der Waals surface area contributed by atoms with E-state index in [9.17, 15) is 19.2 Å². The van der Waals surface area contributed by atoms with Crippen molar-refractivity contribution in [2.45, 2.75) is 44.5 Å². The maximum Gasteiger partial charge on any atom is 0.247 e. The summed E-state index contributed by atoms with van der Waals surface area (Å²) in [6.07, 6.45) is 2.92. The first-order chi connectivity index (χ1) is 16.4. The monoisotopic (exact) mass is 604 g/mol. The summed E-state index contributed by atoms with van der Waals surface area (Å²) >= 11 is 1.98. The molecule has 3 atom stereocenters. The second kappa shape index (κ2) is 15.9. The van der Waals surface area contributed by atoms with Gasteiger partial charge in [-0.3, -0.25) is 19.2 Å². The average Bonchev–Trinajstić information content (AvgIpc) is 2.83. The van der Waals surface area contributed by atoms with E-state index in [1.54, 1.807) is 12.1 Å². The summed E-state index contributed by atoms with van der Waals surface area (Å²) in [5.41, 5.74) is 3.18. The zero-order chi connectivity index (χ0) is 24.8. The third-order valence-electron chi connectivity index (χ3n) is 5.25. The van der Waals surface area contributed by atoms with Crippen LogP contribution in [0.1, 0.15) is 31.2 Å². The van der Waals surface area contributed by atoms with Gasteiger partial charge in [-0.05, 0) is 59.0 Å². The number of carbonyl (C=O) groups excluding carboxylic acids is 4. The predicted octanol–water partition coefficient (Wildman–Crippen LogP) is 0.558. The normalized spacial score (nSPS) is 19.0. The van der Waals surface area contributed by atoms with Gasteiger partial charge >= 0.3 is 0 Å². The van der Waals surface area contributed by atoms with Crippen LogP contribution in [0.25, 0.3) is 0 Å². The molecule has 0 radical (unpaired) electrons. The Hall–Kier alpha value is -1.92. The molecule has 13 heteroatoms. The first-order valence-corrected chi connectivity index (χ1v) is 15.3. The molecular weight excluding hydrogens is 573 g/mol. The van der Waals surface area contributed by atoms with Gasteiger partial charge in [-0.15, -0.1) is 0 Å². The van der Waals surface area contributed by atoms with Crippen LogP contribution in [0.2, 0.25) is 6.32 Å². The number of ether oxygens (including phenoxy) is 1. The minimum Gasteiger partial charge on any atom is -0.494 e. The fraction of sp³-hybridized carbons (Fsp3) is 0.524. The molecule has 1 aromatic carbocycles. The summed E-state index contributed by atoms with van der Waals surface area (Å²) in [5, 5.41) is 8.08. The molecule has 2 heterocycles. The van der Waals surface area contributed by atoms with E-state index in [0.717, 1.165) is 18.3 Å². The van der Waals surface area contributed by atoms with Crippen molar-refractivity contribution in [3.05, 3.63) is 29.8 Å². The van der Waals surface area contributed by atoms with Crippen molar-refractivity contribution in [1.29, 1.82) is 0 Å². The lowest BCUT2D eigenvalue weighted by Crippen LogP contribution is -2.50. The SMILES string of the molecule is BCCCNC(=O)CNC(=O)[C@@H]1Cc2ccc(cc2)OCCC[C@H](C(=O)NOPI)CC(=O)N1. The Bertz CT molecular complexity index is 832. The molecule has 10 nitrogen and oxygen atoms in total. The van der Waals surface area contributed by atoms with Crippen LogP contribution in [0.5, 0.6) is 5.75 Å². The lowest BCUT2D eigenvalue weighted by molar-refractivity contribution is -0.136. The van der Waals surface area contributed by atoms with Gasteiger partial charge < -0.3 is 20.7 Å². The molecule has 4 N–H and O–H groups in total. The second-order valence-electron chi connectivity index (χ2n) is 7.93. The van der Waals surface area contributed by atoms with Crippen molar-refractivity contribution < 1.29 is 28.5 Å². The number of amides is 4. The van der Waals surface area contributed by atoms with Crippen molar-refractivity contribution in [2.75, 3.05) is 19.7 Å². The van der Waals surface area contributed by atoms with Gasteiger partial charge in [0, 0.05) is 25.3 Å². The number of hydrogen-bond acceptors (Lipinski definition) is 6. The zero-order valence-electron chi connectivity index (χ0n) is 19.2. The van der Waals surface area contributed by atoms with Crippen LogP contribution in [0.3, 0.4) is 0 Å². The van der Waals surface area contributed by atoms with Gasteiger partial charge in [0.25, 0.3) is 0 Å². The van der Waals surface area contributed by atoms with E-state index in [-0.39, 0.29) is 37.7 Å². The molecule has 1 aromatic rings. The highest BCUT2D eigenvalue weighted by molar-refractivity contribution is 14.2. The van der Waals surface area contributed by atoms with E-state index in [0.29, 0.717) is 31.7 Å². The smallest absolute Gasteiger partial charge is 0.247 e. The molecular formula is C21H31BIN4O6P. The highest BCUT2D eigenvalue weighted by Gasteiger charge is 2.27. The Kier molecular flexibility index (Phi) is 13.2. The molecule has 2 aliphatic heterocycles. The molecule has 0 aromatic heterocycles. The van der Waals surface area contributed by atoms with Gasteiger partial charge in [0.2, 0.25) is 23.6 Å². The van der Waals surface area contributed by atoms with Crippen LogP contribution >= 0.6 is 28.5 Å². The maximum atomic E-state index is 12.9. The summed E-state index contributed by atoms with van der Waals surface area (Å²) < 4.78 is 10.7. The van der Waals surface area contributed by atoms with Crippen molar-refractivity contribution in [3.8, 4) is 5.75 Å². The molecule has 2 bridgehead atoms. The first kappa shape index (κ1) is 28.3. The molecule has 3 rings (SSSR count). The Morgan fingerprint density at radius 2 is 1.94 bits per heavy atom. The van der Waals surface area contributed by atoms with Crippen LogP contribution in [0, 0.1) is 5.92 Å². The molecule has 0 fully saturated rings. The van der Waals surface area contributed by atoms with E-state index in [2.05, 4.69) is 21.4 Å². The molecule has 0 saturated heterocycles. The van der Waals surface area contributed by atoms with Crippen molar-refractivity contribution >= 4 is 60.0 Å². The van der Waals surface area contributed by atoms with E-state index in [1.807, 2.05) is 42.0 Å². The number of nitrogens with one attached hydrogen (secondary N) is 4. The zero-order valence-corrected chi connectivity index (χ0v) is 22.3. The minimum absolute atomic E-state index is 0.0460. The topological polar surface area (TPSA) is 135 Å². The molecule has 1 unspecified atom stereocenters. The number of hydroxylamine groups is 1. The highest BCUT2D eigenvalue weighted by Crippen LogP contribution is 2.21. The van der Waals surface area contributed by atoms with Crippen LogP contribution in [-0.4, -0.2) is 57.2 Å². The Labute approximate surface area is 215 Å². The molecule has 0 spiro atoms. The van der Waals surface area contributed by atoms with E-state index in [1.165, 1.54) is 0 Å². The van der Waals surface area contributed by atoms with Crippen molar-refractivity contribution in [1.82, 2.24) is 21.4 Å². The lowest BCUT2D eigenvalue weighted by Gasteiger charge is -2.21. The van der Waals surface area contributed by atoms with Crippen LogP contribution < -0.4 is 26.2 Å². The molecule has 4 amide bonds. The maximum absolute atomic E-state index is 12.9. The number of rotatable bonds is 9. The summed E-state index contributed by atoms with van der Waals surface area (Å²) in [5.74, 6) is -1.53. The number of carbonyl (C=O) groups is 4. The van der Waals surface area contributed by atoms with Gasteiger partial charge in [-0.25, -0.2) is 10.1 Å². The Morgan fingerprint density at radius 3 is 2.65 bits per heavy atom. The van der Waals surface area contributed by atoms with Gasteiger partial charge in [0.05, 0.1) is 13.2 Å². The summed E-state index contributed by atoms with van der Waals surface area (Å²) in [7, 11) is 2.02. The fourth-order valence-corrected chi connectivity index (χ4v) is 3.87. The van der Waals surface area contributed by atoms with Gasteiger partial charge in [0.1, 0.15) is 26.1 Å². The van der Waals surface area contributed by atoms with Gasteiger partial charge in [-0.2, -0.15) is 0 Å². The van der Waals surface area contributed by atoms with Crippen molar-refractivity contribution in [3.63, 3.8) is 0 Å². The summed E-state index contributed by atoms with van der Waals surface area (Å²) in [6.45, 7) is 0.821. The largest absolute Gasteiger partial charge is 0.494 e. The van der Waals surface area contributed by atoms with Crippen molar-refractivity contribution in [2.24, 2.45) is 5.92 Å². The number of halogens is 1. The summed E-state index contributed by atoms with van der Waals surface area (Å²) in [4.78, 5) is 50.1. The molecule has 2 aliphatic rings. The first-order valence-electron chi connectivity index (χ1n) is 11.3. The third-order valence-corrected chi connectivity index (χ3v) is 6.09. The average molecular weight is 604 g/mol. The lowest BCUT2D eigenvalue weighted by atomic mass is 9.97. The summed E-state index contributed by atoms with van der Waals surface area (Å²) in [6, 6.07) is 6.38. The minimum atomic E-state index is -0.901. The third kappa shape index (κ3) is 10.6. The van der Waals surface area contributed by atoms with E-state index in [4.69, 9.17) is 9.36 Å². The number of hydrogen-bond donors (Lipinski definition) is 4. The number of benzene rings is 1. The predicted molar refractivity (Wildman–Crippen MR) is 140 cm³/mol. The van der Waals surface area contributed by atoms with Crippen LogP contribution in [0.4, 0.5) is 0 Å². The fourth-order valence-electron chi connectivity index (χ4n) is 3.40. The van der Waals surface area contributed by atoms with E-state index >= 15 is 0 Å². The number of fused-ring (bicyclic) bond motifs is 11. The molecule has 34 heavy (non-hydrogen) atoms. The Morgan fingerprint density at radius 1 is 1.18 bits per heavy atom. The molecule has 0 saturated carbocycles. The van der Waals surface area contributed by atoms with Gasteiger partial charge in [0.15, 0.2) is 0 Å².